The lowest BCUT2D eigenvalue weighted by atomic mass is 10.1. The smallest absolute Gasteiger partial charge is 0.274 e. The van der Waals surface area contributed by atoms with Gasteiger partial charge >= 0.3 is 0 Å². The number of hydrazine groups is 1. The summed E-state index contributed by atoms with van der Waals surface area (Å²) in [5.41, 5.74) is 6.78. The van der Waals surface area contributed by atoms with Gasteiger partial charge in [0.15, 0.2) is 5.82 Å². The minimum absolute atomic E-state index is 0.0300. The van der Waals surface area contributed by atoms with Crippen LogP contribution in [0.25, 0.3) is 11.3 Å². The van der Waals surface area contributed by atoms with Gasteiger partial charge in [0, 0.05) is 50.7 Å². The van der Waals surface area contributed by atoms with E-state index in [-0.39, 0.29) is 17.8 Å². The molecule has 1 N–H and O–H groups in total. The lowest BCUT2D eigenvalue weighted by Gasteiger charge is -2.32. The first-order valence-corrected chi connectivity index (χ1v) is 13.8. The fraction of sp³-hybridized carbons (Fsp3) is 0.393. The highest BCUT2D eigenvalue weighted by Gasteiger charge is 2.29. The Morgan fingerprint density at radius 1 is 1.08 bits per heavy atom. The van der Waals surface area contributed by atoms with E-state index in [1.807, 2.05) is 18.2 Å². The number of halogens is 1. The summed E-state index contributed by atoms with van der Waals surface area (Å²) in [4.78, 5) is 31.3. The van der Waals surface area contributed by atoms with Crippen molar-refractivity contribution in [1.82, 2.24) is 29.8 Å². The summed E-state index contributed by atoms with van der Waals surface area (Å²) in [5, 5.41) is 10.8. The summed E-state index contributed by atoms with van der Waals surface area (Å²) in [7, 11) is 2.17. The van der Waals surface area contributed by atoms with Crippen molar-refractivity contribution < 1.29 is 4.79 Å². The number of aromatic nitrogens is 3. The van der Waals surface area contributed by atoms with E-state index in [1.54, 1.807) is 11.2 Å². The predicted molar refractivity (Wildman–Crippen MR) is 149 cm³/mol. The molecule has 2 aromatic heterocycles. The van der Waals surface area contributed by atoms with E-state index < -0.39 is 0 Å². The molecule has 0 unspecified atom stereocenters. The van der Waals surface area contributed by atoms with E-state index in [2.05, 4.69) is 77.4 Å². The van der Waals surface area contributed by atoms with Crippen LogP contribution in [-0.4, -0.2) is 74.9 Å². The molecule has 1 aromatic carbocycles. The van der Waals surface area contributed by atoms with Gasteiger partial charge in [-0.25, -0.2) is 9.99 Å². The maximum absolute atomic E-state index is 13.6. The van der Waals surface area contributed by atoms with Crippen LogP contribution in [0.1, 0.15) is 47.4 Å². The van der Waals surface area contributed by atoms with E-state index in [0.717, 1.165) is 69.7 Å². The zero-order chi connectivity index (χ0) is 26.5. The van der Waals surface area contributed by atoms with Crippen LogP contribution in [0.3, 0.4) is 0 Å². The van der Waals surface area contributed by atoms with Crippen LogP contribution < -0.4 is 5.43 Å². The third kappa shape index (κ3) is 6.18. The number of anilines is 1. The van der Waals surface area contributed by atoms with Crippen LogP contribution in [0, 0.1) is 11.3 Å². The molecule has 1 amide bonds. The summed E-state index contributed by atoms with van der Waals surface area (Å²) < 4.78 is 0.580. The summed E-state index contributed by atoms with van der Waals surface area (Å²) in [6, 6.07) is 14.2. The number of nitrogens with one attached hydrogen (secondary N) is 1. The molecule has 2 fully saturated rings. The van der Waals surface area contributed by atoms with Gasteiger partial charge in [-0.15, -0.1) is 0 Å². The SMILES string of the molecule is CN1CCN(Cc2ccc(-c3ccc(C(=O)N(Nc4nc(C#N)ncc4Br)C4CCCC4)cn3)cc2)CC1. The van der Waals surface area contributed by atoms with Gasteiger partial charge in [-0.3, -0.25) is 20.1 Å². The largest absolute Gasteiger partial charge is 0.304 e. The Morgan fingerprint density at radius 3 is 2.47 bits per heavy atom. The molecule has 0 spiro atoms. The van der Waals surface area contributed by atoms with Crippen LogP contribution >= 0.6 is 15.9 Å². The van der Waals surface area contributed by atoms with Gasteiger partial charge in [0.1, 0.15) is 6.07 Å². The van der Waals surface area contributed by atoms with Gasteiger partial charge in [0.25, 0.3) is 5.91 Å². The molecule has 3 aromatic rings. The number of carbonyl (C=O) groups excluding carboxylic acids is 1. The molecule has 5 rings (SSSR count). The number of carbonyl (C=O) groups is 1. The lowest BCUT2D eigenvalue weighted by Crippen LogP contribution is -2.43. The minimum Gasteiger partial charge on any atom is -0.304 e. The fourth-order valence-corrected chi connectivity index (χ4v) is 5.24. The zero-order valence-electron chi connectivity index (χ0n) is 21.5. The molecule has 1 saturated heterocycles. The molecule has 38 heavy (non-hydrogen) atoms. The van der Waals surface area contributed by atoms with E-state index in [4.69, 9.17) is 0 Å². The maximum Gasteiger partial charge on any atom is 0.274 e. The van der Waals surface area contributed by atoms with E-state index in [1.165, 1.54) is 11.8 Å². The number of hydrogen-bond donors (Lipinski definition) is 1. The molecule has 0 bridgehead atoms. The van der Waals surface area contributed by atoms with Crippen LogP contribution in [0.4, 0.5) is 5.82 Å². The van der Waals surface area contributed by atoms with Crippen LogP contribution in [0.5, 0.6) is 0 Å². The van der Waals surface area contributed by atoms with Crippen molar-refractivity contribution in [1.29, 1.82) is 5.26 Å². The average Bonchev–Trinajstić information content (AvgIpc) is 3.49. The van der Waals surface area contributed by atoms with Crippen molar-refractivity contribution in [2.24, 2.45) is 0 Å². The summed E-state index contributed by atoms with van der Waals surface area (Å²) in [5.74, 6) is 0.246. The molecule has 10 heteroatoms. The molecule has 3 heterocycles. The first-order valence-electron chi connectivity index (χ1n) is 13.0. The number of nitrogens with zero attached hydrogens (tertiary/aromatic N) is 7. The Balaban J connectivity index is 1.29. The van der Waals surface area contributed by atoms with Gasteiger partial charge in [-0.1, -0.05) is 37.1 Å². The van der Waals surface area contributed by atoms with Crippen molar-refractivity contribution >= 4 is 27.7 Å². The topological polar surface area (TPSA) is 101 Å². The number of likely N-dealkylation sites (N-methyl/N-ethyl adjacent to an activating group) is 1. The second kappa shape index (κ2) is 12.0. The molecular weight excluding hydrogens is 544 g/mol. The standard InChI is InChI=1S/C28H31BrN8O/c1-35-12-14-36(15-13-35)19-20-6-8-21(9-7-20)25-11-10-22(17-31-25)28(38)37(23-4-2-3-5-23)34-27-24(29)18-32-26(16-30)33-27/h6-11,17-18,23H,2-5,12-15,19H2,1H3,(H,32,33,34). The monoisotopic (exact) mass is 574 g/mol. The molecular formula is C28H31BrN8O. The highest BCUT2D eigenvalue weighted by Crippen LogP contribution is 2.28. The Bertz CT molecular complexity index is 1290. The number of pyridine rings is 1. The summed E-state index contributed by atoms with van der Waals surface area (Å²) in [6.45, 7) is 5.36. The first kappa shape index (κ1) is 26.2. The zero-order valence-corrected chi connectivity index (χ0v) is 23.1. The number of rotatable bonds is 7. The Labute approximate surface area is 231 Å². The van der Waals surface area contributed by atoms with Crippen LogP contribution in [-0.2, 0) is 6.54 Å². The number of benzene rings is 1. The molecule has 0 radical (unpaired) electrons. The molecule has 1 aliphatic heterocycles. The van der Waals surface area contributed by atoms with Gasteiger partial charge < -0.3 is 4.90 Å². The van der Waals surface area contributed by atoms with E-state index >= 15 is 0 Å². The summed E-state index contributed by atoms with van der Waals surface area (Å²) >= 11 is 3.42. The van der Waals surface area contributed by atoms with Gasteiger partial charge in [0.2, 0.25) is 5.82 Å². The van der Waals surface area contributed by atoms with Crippen molar-refractivity contribution in [2.75, 3.05) is 38.7 Å². The second-order valence-corrected chi connectivity index (χ2v) is 10.8. The van der Waals surface area contributed by atoms with Gasteiger partial charge in [-0.05, 0) is 53.5 Å². The van der Waals surface area contributed by atoms with Crippen molar-refractivity contribution in [3.63, 3.8) is 0 Å². The molecule has 1 saturated carbocycles. The number of hydrogen-bond acceptors (Lipinski definition) is 8. The number of piperazine rings is 1. The average molecular weight is 576 g/mol. The highest BCUT2D eigenvalue weighted by atomic mass is 79.9. The van der Waals surface area contributed by atoms with Crippen molar-refractivity contribution in [2.45, 2.75) is 38.3 Å². The molecule has 196 valence electrons. The lowest BCUT2D eigenvalue weighted by molar-refractivity contribution is 0.0731. The first-order chi connectivity index (χ1) is 18.5. The molecule has 2 aliphatic rings. The molecule has 0 atom stereocenters. The van der Waals surface area contributed by atoms with Gasteiger partial charge in [0.05, 0.1) is 21.8 Å². The van der Waals surface area contributed by atoms with E-state index in [9.17, 15) is 10.1 Å². The van der Waals surface area contributed by atoms with Crippen LogP contribution in [0.15, 0.2) is 53.3 Å². The fourth-order valence-electron chi connectivity index (χ4n) is 4.96. The number of amides is 1. The maximum atomic E-state index is 13.6. The van der Waals surface area contributed by atoms with Gasteiger partial charge in [-0.2, -0.15) is 10.2 Å². The third-order valence-corrected chi connectivity index (χ3v) is 7.82. The van der Waals surface area contributed by atoms with Crippen LogP contribution in [0.2, 0.25) is 0 Å². The predicted octanol–water partition coefficient (Wildman–Crippen LogP) is 4.33. The van der Waals surface area contributed by atoms with Crippen molar-refractivity contribution in [3.05, 3.63) is 70.2 Å². The Hall–Kier alpha value is -3.39. The Morgan fingerprint density at radius 2 is 1.82 bits per heavy atom. The molecule has 1 aliphatic carbocycles. The quantitative estimate of drug-likeness (QED) is 0.416. The normalized spacial score (nSPS) is 16.8. The molecule has 9 nitrogen and oxygen atoms in total. The number of nitriles is 1. The summed E-state index contributed by atoms with van der Waals surface area (Å²) in [6.07, 6.45) is 7.07. The third-order valence-electron chi connectivity index (χ3n) is 7.24. The second-order valence-electron chi connectivity index (χ2n) is 9.94. The minimum atomic E-state index is -0.178. The Kier molecular flexibility index (Phi) is 8.27. The highest BCUT2D eigenvalue weighted by molar-refractivity contribution is 9.10. The van der Waals surface area contributed by atoms with Crippen molar-refractivity contribution in [3.8, 4) is 17.3 Å². The van der Waals surface area contributed by atoms with E-state index in [0.29, 0.717) is 15.9 Å².